The molecule has 0 spiro atoms. The highest BCUT2D eigenvalue weighted by Gasteiger charge is 2.22. The summed E-state index contributed by atoms with van der Waals surface area (Å²) in [6, 6.07) is 7.50. The van der Waals surface area contributed by atoms with E-state index in [4.69, 9.17) is 10.2 Å². The number of rotatable bonds is 8. The van der Waals surface area contributed by atoms with Gasteiger partial charge in [0.1, 0.15) is 11.5 Å². The molecule has 0 saturated carbocycles. The third-order valence-corrected chi connectivity index (χ3v) is 4.99. The van der Waals surface area contributed by atoms with Crippen LogP contribution in [0.5, 0.6) is 0 Å². The van der Waals surface area contributed by atoms with Crippen LogP contribution < -0.4 is 4.90 Å². The fraction of sp³-hybridized carbons (Fsp3) is 0.500. The van der Waals surface area contributed by atoms with Crippen LogP contribution in [0.3, 0.4) is 0 Å². The number of carbonyl (C=O) groups is 1. The molecule has 19 heavy (non-hydrogen) atoms. The number of aliphatic hydroxyl groups excluding tert-OH is 2. The third kappa shape index (κ3) is 5.22. The maximum Gasteiger partial charge on any atom is 0.211 e. The van der Waals surface area contributed by atoms with E-state index >= 15 is 0 Å². The molecule has 2 N–H and O–H groups in total. The summed E-state index contributed by atoms with van der Waals surface area (Å²) in [5.74, 6) is 1.66. The average molecular weight is 284 g/mol. The van der Waals surface area contributed by atoms with E-state index < -0.39 is 0 Å². The fourth-order valence-electron chi connectivity index (χ4n) is 1.72. The second kappa shape index (κ2) is 8.19. The number of hydrogen-bond donors (Lipinski definition) is 2. The van der Waals surface area contributed by atoms with Crippen molar-refractivity contribution >= 4 is 22.4 Å². The summed E-state index contributed by atoms with van der Waals surface area (Å²) < 4.78 is 0. The van der Waals surface area contributed by atoms with E-state index in [0.29, 0.717) is 22.8 Å². The summed E-state index contributed by atoms with van der Waals surface area (Å²) >= 11 is 0. The summed E-state index contributed by atoms with van der Waals surface area (Å²) in [7, 11) is 3.68. The molecule has 0 saturated heterocycles. The first-order chi connectivity index (χ1) is 9.08. The number of Topliss-reactive ketones (excluding diaryl/α,β-unsaturated/α-hetero) is 1. The Morgan fingerprint density at radius 2 is 1.63 bits per heavy atom. The Hall–Kier alpha value is -1.04. The van der Waals surface area contributed by atoms with Gasteiger partial charge in [-0.2, -0.15) is 0 Å². The van der Waals surface area contributed by atoms with Crippen LogP contribution in [-0.4, -0.2) is 60.6 Å². The number of hydrogen-bond acceptors (Lipinski definition) is 4. The van der Waals surface area contributed by atoms with Crippen molar-refractivity contribution in [2.75, 3.05) is 49.5 Å². The summed E-state index contributed by atoms with van der Waals surface area (Å²) in [5.41, 5.74) is 1.75. The Morgan fingerprint density at radius 1 is 1.11 bits per heavy atom. The minimum atomic E-state index is -0.229. The van der Waals surface area contributed by atoms with Gasteiger partial charge in [0.25, 0.3) is 0 Å². The van der Waals surface area contributed by atoms with Gasteiger partial charge in [0.05, 0.1) is 13.2 Å². The molecule has 0 bridgehead atoms. The van der Waals surface area contributed by atoms with Crippen molar-refractivity contribution in [1.29, 1.82) is 0 Å². The maximum absolute atomic E-state index is 12.1. The second-order valence-corrected chi connectivity index (χ2v) is 6.81. The number of aliphatic hydroxyl groups is 2. The van der Waals surface area contributed by atoms with Gasteiger partial charge in [-0.25, -0.2) is 0 Å². The monoisotopic (exact) mass is 284 g/mol. The van der Waals surface area contributed by atoms with Crippen LogP contribution in [0.4, 0.5) is 5.69 Å². The molecular formula is C14H22NO3S+. The molecule has 0 aliphatic carbocycles. The van der Waals surface area contributed by atoms with Gasteiger partial charge in [-0.3, -0.25) is 4.79 Å². The van der Waals surface area contributed by atoms with Crippen LogP contribution in [0.2, 0.25) is 0 Å². The highest BCUT2D eigenvalue weighted by atomic mass is 32.2. The molecule has 1 rings (SSSR count). The zero-order chi connectivity index (χ0) is 14.3. The molecule has 5 heteroatoms. The normalized spacial score (nSPS) is 10.8. The SMILES string of the molecule is CN(C)c1ccc(C(=O)C[S+](CCO)CCO)cc1. The quantitative estimate of drug-likeness (QED) is 0.540. The lowest BCUT2D eigenvalue weighted by atomic mass is 10.1. The number of ketones is 1. The molecule has 106 valence electrons. The predicted molar refractivity (Wildman–Crippen MR) is 81.2 cm³/mol. The highest BCUT2D eigenvalue weighted by Crippen LogP contribution is 2.13. The molecule has 0 fully saturated rings. The second-order valence-electron chi connectivity index (χ2n) is 4.48. The molecule has 0 amide bonds. The van der Waals surface area contributed by atoms with E-state index in [0.717, 1.165) is 5.69 Å². The van der Waals surface area contributed by atoms with E-state index in [1.54, 1.807) is 0 Å². The average Bonchev–Trinajstić information content (AvgIpc) is 2.39. The van der Waals surface area contributed by atoms with Gasteiger partial charge in [0, 0.05) is 36.2 Å². The lowest BCUT2D eigenvalue weighted by molar-refractivity contribution is 0.102. The van der Waals surface area contributed by atoms with Gasteiger partial charge in [0.15, 0.2) is 5.75 Å². The van der Waals surface area contributed by atoms with Crippen LogP contribution in [0.25, 0.3) is 0 Å². The van der Waals surface area contributed by atoms with Crippen molar-refractivity contribution < 1.29 is 15.0 Å². The Bertz CT molecular complexity index is 386. The van der Waals surface area contributed by atoms with Crippen molar-refractivity contribution in [2.45, 2.75) is 0 Å². The van der Waals surface area contributed by atoms with Gasteiger partial charge in [-0.15, -0.1) is 0 Å². The molecule has 1 aromatic carbocycles. The van der Waals surface area contributed by atoms with Crippen LogP contribution in [0.1, 0.15) is 10.4 Å². The molecule has 0 radical (unpaired) electrons. The molecule has 0 aliphatic heterocycles. The summed E-state index contributed by atoms with van der Waals surface area (Å²) in [6.07, 6.45) is 0. The van der Waals surface area contributed by atoms with Gasteiger partial charge >= 0.3 is 0 Å². The Balaban J connectivity index is 2.65. The smallest absolute Gasteiger partial charge is 0.211 e. The maximum atomic E-state index is 12.1. The summed E-state index contributed by atoms with van der Waals surface area (Å²) in [6.45, 7) is 0.131. The number of carbonyl (C=O) groups excluding carboxylic acids is 1. The van der Waals surface area contributed by atoms with E-state index in [2.05, 4.69) is 0 Å². The minimum absolute atomic E-state index is 0.0654. The zero-order valence-electron chi connectivity index (χ0n) is 11.5. The first-order valence-corrected chi connectivity index (χ1v) is 7.98. The lowest BCUT2D eigenvalue weighted by Gasteiger charge is -2.12. The Labute approximate surface area is 117 Å². The number of nitrogens with zero attached hydrogens (tertiary/aromatic N) is 1. The molecule has 0 unspecified atom stereocenters. The van der Waals surface area contributed by atoms with Crippen molar-refractivity contribution in [2.24, 2.45) is 0 Å². The fourth-order valence-corrected chi connectivity index (χ4v) is 3.27. The van der Waals surface area contributed by atoms with Crippen LogP contribution in [-0.2, 0) is 10.9 Å². The topological polar surface area (TPSA) is 60.8 Å². The van der Waals surface area contributed by atoms with Gasteiger partial charge in [-0.05, 0) is 24.3 Å². The van der Waals surface area contributed by atoms with Gasteiger partial charge < -0.3 is 15.1 Å². The van der Waals surface area contributed by atoms with Gasteiger partial charge in [0.2, 0.25) is 5.78 Å². The third-order valence-electron chi connectivity index (χ3n) is 2.80. The molecule has 0 aromatic heterocycles. The highest BCUT2D eigenvalue weighted by molar-refractivity contribution is 7.97. The Kier molecular flexibility index (Phi) is 6.91. The van der Waals surface area contributed by atoms with E-state index in [1.807, 2.05) is 43.3 Å². The first kappa shape index (κ1) is 16.0. The molecule has 0 heterocycles. The summed E-state index contributed by atoms with van der Waals surface area (Å²) in [5, 5.41) is 17.9. The van der Waals surface area contributed by atoms with Crippen molar-refractivity contribution in [1.82, 2.24) is 0 Å². The van der Waals surface area contributed by atoms with Crippen molar-refractivity contribution in [3.05, 3.63) is 29.8 Å². The predicted octanol–water partition coefficient (Wildman–Crippen LogP) is 0.538. The summed E-state index contributed by atoms with van der Waals surface area (Å²) in [4.78, 5) is 14.1. The standard InChI is InChI=1S/C14H22NO3S/c1-15(2)13-5-3-12(4-6-13)14(18)11-19(9-7-16)10-8-17/h3-6,16-17H,7-11H2,1-2H3/q+1. The van der Waals surface area contributed by atoms with Crippen molar-refractivity contribution in [3.8, 4) is 0 Å². The lowest BCUT2D eigenvalue weighted by Crippen LogP contribution is -2.25. The van der Waals surface area contributed by atoms with Crippen LogP contribution >= 0.6 is 0 Å². The minimum Gasteiger partial charge on any atom is -0.391 e. The molecule has 0 aliphatic rings. The van der Waals surface area contributed by atoms with Crippen LogP contribution in [0.15, 0.2) is 24.3 Å². The largest absolute Gasteiger partial charge is 0.391 e. The van der Waals surface area contributed by atoms with E-state index in [-0.39, 0.29) is 29.9 Å². The molecule has 1 aromatic rings. The van der Waals surface area contributed by atoms with E-state index in [1.165, 1.54) is 0 Å². The zero-order valence-corrected chi connectivity index (χ0v) is 12.3. The molecular weight excluding hydrogens is 262 g/mol. The van der Waals surface area contributed by atoms with Crippen molar-refractivity contribution in [3.63, 3.8) is 0 Å². The Morgan fingerprint density at radius 3 is 2.05 bits per heavy atom. The van der Waals surface area contributed by atoms with E-state index in [9.17, 15) is 4.79 Å². The van der Waals surface area contributed by atoms with Crippen LogP contribution in [0, 0.1) is 0 Å². The molecule has 4 nitrogen and oxygen atoms in total. The first-order valence-electron chi connectivity index (χ1n) is 6.25. The number of anilines is 1. The number of benzene rings is 1. The molecule has 0 atom stereocenters. The van der Waals surface area contributed by atoms with Gasteiger partial charge in [-0.1, -0.05) is 0 Å².